The van der Waals surface area contributed by atoms with Crippen molar-refractivity contribution in [2.24, 2.45) is 22.2 Å². The van der Waals surface area contributed by atoms with Crippen LogP contribution in [0, 0.1) is 0 Å². The number of amides is 3. The van der Waals surface area contributed by atoms with Crippen molar-refractivity contribution in [2.45, 2.75) is 43.9 Å². The van der Waals surface area contributed by atoms with Gasteiger partial charge in [0, 0.05) is 6.54 Å². The van der Waals surface area contributed by atoms with Gasteiger partial charge in [-0.3, -0.25) is 24.2 Å². The SMILES string of the molecule is CC(NC(=O)C(CO)NC(=O)C(CO)NC(=O)C(N)CCCN=C(N)N)C(=O)O. The Morgan fingerprint density at radius 1 is 0.931 bits per heavy atom. The molecule has 0 fully saturated rings. The van der Waals surface area contributed by atoms with Gasteiger partial charge in [0.15, 0.2) is 5.96 Å². The summed E-state index contributed by atoms with van der Waals surface area (Å²) < 4.78 is 0. The molecule has 0 rings (SSSR count). The average molecular weight is 419 g/mol. The van der Waals surface area contributed by atoms with Crippen molar-refractivity contribution in [1.82, 2.24) is 16.0 Å². The fourth-order valence-electron chi connectivity index (χ4n) is 1.97. The number of guanidine groups is 1. The van der Waals surface area contributed by atoms with Crippen LogP contribution in [0.5, 0.6) is 0 Å². The molecule has 0 bridgehead atoms. The van der Waals surface area contributed by atoms with Crippen molar-refractivity contribution in [2.75, 3.05) is 19.8 Å². The number of carboxylic acid groups (broad SMARTS) is 1. The number of hydrogen-bond acceptors (Lipinski definition) is 8. The van der Waals surface area contributed by atoms with Crippen molar-refractivity contribution >= 4 is 29.7 Å². The summed E-state index contributed by atoms with van der Waals surface area (Å²) in [6, 6.07) is -5.17. The van der Waals surface area contributed by atoms with E-state index in [4.69, 9.17) is 22.3 Å². The Balaban J connectivity index is 4.72. The third kappa shape index (κ3) is 10.2. The molecule has 0 aromatic heterocycles. The highest BCUT2D eigenvalue weighted by molar-refractivity contribution is 5.94. The Morgan fingerprint density at radius 2 is 1.41 bits per heavy atom. The second-order valence-electron chi connectivity index (χ2n) is 6.11. The van der Waals surface area contributed by atoms with Crippen LogP contribution >= 0.6 is 0 Å². The van der Waals surface area contributed by atoms with E-state index in [2.05, 4.69) is 20.9 Å². The van der Waals surface area contributed by atoms with Gasteiger partial charge in [0.05, 0.1) is 19.3 Å². The molecule has 14 nitrogen and oxygen atoms in total. The highest BCUT2D eigenvalue weighted by atomic mass is 16.4. The van der Waals surface area contributed by atoms with E-state index in [-0.39, 0.29) is 18.9 Å². The third-order valence-electron chi connectivity index (χ3n) is 3.66. The fourth-order valence-corrected chi connectivity index (χ4v) is 1.97. The molecule has 0 aliphatic heterocycles. The van der Waals surface area contributed by atoms with Crippen molar-refractivity contribution in [3.63, 3.8) is 0 Å². The minimum Gasteiger partial charge on any atom is -0.480 e. The van der Waals surface area contributed by atoms with Gasteiger partial charge < -0.3 is 48.5 Å². The molecule has 166 valence electrons. The fraction of sp³-hybridized carbons (Fsp3) is 0.667. The first-order chi connectivity index (χ1) is 13.5. The number of aliphatic hydroxyl groups is 2. The maximum absolute atomic E-state index is 12.2. The van der Waals surface area contributed by atoms with Gasteiger partial charge >= 0.3 is 5.97 Å². The van der Waals surface area contributed by atoms with Crippen LogP contribution in [0.2, 0.25) is 0 Å². The Hall–Kier alpha value is -2.97. The number of aliphatic hydroxyl groups excluding tert-OH is 2. The van der Waals surface area contributed by atoms with Crippen molar-refractivity contribution in [1.29, 1.82) is 0 Å². The van der Waals surface area contributed by atoms with Crippen LogP contribution in [-0.4, -0.2) is 88.9 Å². The molecule has 4 atom stereocenters. The van der Waals surface area contributed by atoms with Gasteiger partial charge in [0.1, 0.15) is 18.1 Å². The highest BCUT2D eigenvalue weighted by Gasteiger charge is 2.28. The monoisotopic (exact) mass is 419 g/mol. The summed E-state index contributed by atoms with van der Waals surface area (Å²) in [5.74, 6) is -4.05. The van der Waals surface area contributed by atoms with Crippen LogP contribution < -0.4 is 33.2 Å². The van der Waals surface area contributed by atoms with E-state index in [0.29, 0.717) is 6.42 Å². The Morgan fingerprint density at radius 3 is 1.86 bits per heavy atom. The summed E-state index contributed by atoms with van der Waals surface area (Å²) in [5, 5.41) is 33.8. The Kier molecular flexibility index (Phi) is 11.9. The first-order valence-corrected chi connectivity index (χ1v) is 8.70. The van der Waals surface area contributed by atoms with Crippen LogP contribution in [-0.2, 0) is 19.2 Å². The van der Waals surface area contributed by atoms with Crippen molar-refractivity contribution in [3.05, 3.63) is 0 Å². The molecular weight excluding hydrogens is 390 g/mol. The van der Waals surface area contributed by atoms with E-state index in [1.165, 1.54) is 6.92 Å². The number of hydrogen-bond donors (Lipinski definition) is 9. The number of carbonyl (C=O) groups is 4. The summed E-state index contributed by atoms with van der Waals surface area (Å²) in [5.41, 5.74) is 16.0. The number of nitrogens with two attached hydrogens (primary N) is 3. The second kappa shape index (κ2) is 13.2. The molecule has 0 aliphatic carbocycles. The lowest BCUT2D eigenvalue weighted by Crippen LogP contribution is -2.58. The van der Waals surface area contributed by atoms with Gasteiger partial charge in [0.2, 0.25) is 17.7 Å². The number of nitrogens with one attached hydrogen (secondary N) is 3. The number of carbonyl (C=O) groups excluding carboxylic acids is 3. The molecule has 29 heavy (non-hydrogen) atoms. The van der Waals surface area contributed by atoms with Gasteiger partial charge in [0.25, 0.3) is 0 Å². The number of nitrogens with zero attached hydrogens (tertiary/aromatic N) is 1. The summed E-state index contributed by atoms with van der Waals surface area (Å²) in [6.07, 6.45) is 0.605. The minimum atomic E-state index is -1.48. The highest BCUT2D eigenvalue weighted by Crippen LogP contribution is 1.97. The molecule has 14 heteroatoms. The topological polar surface area (TPSA) is 255 Å². The van der Waals surface area contributed by atoms with Gasteiger partial charge in [-0.2, -0.15) is 0 Å². The number of rotatable bonds is 13. The smallest absolute Gasteiger partial charge is 0.325 e. The molecule has 4 unspecified atom stereocenters. The molecule has 0 spiro atoms. The summed E-state index contributed by atoms with van der Waals surface area (Å²) >= 11 is 0. The molecule has 0 saturated carbocycles. The zero-order valence-corrected chi connectivity index (χ0v) is 16.0. The number of aliphatic carboxylic acids is 1. The molecule has 0 heterocycles. The summed E-state index contributed by atoms with van der Waals surface area (Å²) in [4.78, 5) is 50.6. The van der Waals surface area contributed by atoms with Crippen LogP contribution in [0.1, 0.15) is 19.8 Å². The minimum absolute atomic E-state index is 0.0970. The third-order valence-corrected chi connectivity index (χ3v) is 3.66. The lowest BCUT2D eigenvalue weighted by Gasteiger charge is -2.22. The molecule has 0 aromatic rings. The molecule has 0 aromatic carbocycles. The maximum atomic E-state index is 12.2. The normalized spacial score (nSPS) is 14.6. The van der Waals surface area contributed by atoms with Crippen LogP contribution in [0.4, 0.5) is 0 Å². The number of carboxylic acids is 1. The standard InChI is InChI=1S/C15H29N7O7/c1-7(14(28)29)20-12(26)9(5-23)22-13(27)10(6-24)21-11(25)8(16)3-2-4-19-15(17)18/h7-10,23-24H,2-6,16H2,1H3,(H,20,26)(H,21,25)(H,22,27)(H,28,29)(H4,17,18,19). The van der Waals surface area contributed by atoms with E-state index >= 15 is 0 Å². The van der Waals surface area contributed by atoms with Crippen LogP contribution in [0.3, 0.4) is 0 Å². The average Bonchev–Trinajstić information content (AvgIpc) is 2.66. The molecule has 12 N–H and O–H groups in total. The largest absolute Gasteiger partial charge is 0.480 e. The predicted octanol–water partition coefficient (Wildman–Crippen LogP) is -5.09. The van der Waals surface area contributed by atoms with E-state index in [9.17, 15) is 29.4 Å². The zero-order chi connectivity index (χ0) is 22.6. The van der Waals surface area contributed by atoms with Gasteiger partial charge in [-0.15, -0.1) is 0 Å². The van der Waals surface area contributed by atoms with E-state index in [0.717, 1.165) is 0 Å². The van der Waals surface area contributed by atoms with Crippen LogP contribution in [0.25, 0.3) is 0 Å². The quantitative estimate of drug-likeness (QED) is 0.0779. The number of aliphatic imine (C=N–C) groups is 1. The lowest BCUT2D eigenvalue weighted by molar-refractivity contribution is -0.142. The van der Waals surface area contributed by atoms with Crippen molar-refractivity contribution < 1.29 is 34.5 Å². The first kappa shape index (κ1) is 26.0. The molecule has 0 saturated heterocycles. The predicted molar refractivity (Wildman–Crippen MR) is 101 cm³/mol. The van der Waals surface area contributed by atoms with E-state index in [1.807, 2.05) is 0 Å². The zero-order valence-electron chi connectivity index (χ0n) is 16.0. The van der Waals surface area contributed by atoms with Crippen molar-refractivity contribution in [3.8, 4) is 0 Å². The Labute approximate surface area is 166 Å². The molecular formula is C15H29N7O7. The summed E-state index contributed by atoms with van der Waals surface area (Å²) in [6.45, 7) is -0.180. The molecule has 0 radical (unpaired) electrons. The maximum Gasteiger partial charge on any atom is 0.325 e. The summed E-state index contributed by atoms with van der Waals surface area (Å²) in [7, 11) is 0. The Bertz CT molecular complexity index is 610. The first-order valence-electron chi connectivity index (χ1n) is 8.70. The molecule has 3 amide bonds. The van der Waals surface area contributed by atoms with Gasteiger partial charge in [-0.25, -0.2) is 0 Å². The van der Waals surface area contributed by atoms with Crippen LogP contribution in [0.15, 0.2) is 4.99 Å². The van der Waals surface area contributed by atoms with E-state index < -0.39 is 61.1 Å². The molecule has 0 aliphatic rings. The van der Waals surface area contributed by atoms with Gasteiger partial charge in [-0.05, 0) is 19.8 Å². The second-order valence-corrected chi connectivity index (χ2v) is 6.11. The lowest BCUT2D eigenvalue weighted by atomic mass is 10.1. The van der Waals surface area contributed by atoms with Gasteiger partial charge in [-0.1, -0.05) is 0 Å². The van der Waals surface area contributed by atoms with E-state index in [1.54, 1.807) is 0 Å².